The third-order valence-corrected chi connectivity index (χ3v) is 9.89. The van der Waals surface area contributed by atoms with Crippen molar-refractivity contribution in [3.8, 4) is 0 Å². The van der Waals surface area contributed by atoms with Crippen molar-refractivity contribution in [2.45, 2.75) is 180 Å². The number of rotatable bonds is 40. The molecule has 0 spiro atoms. The zero-order chi connectivity index (χ0) is 41.1. The molecule has 1 amide bonds. The summed E-state index contributed by atoms with van der Waals surface area (Å²) in [6.07, 6.45) is 51.2. The summed E-state index contributed by atoms with van der Waals surface area (Å²) in [7, 11) is -4.43. The van der Waals surface area contributed by atoms with Gasteiger partial charge in [-0.3, -0.25) is 18.6 Å². The van der Waals surface area contributed by atoms with Gasteiger partial charge in [-0.2, -0.15) is 0 Å². The number of phosphoric ester groups is 1. The lowest BCUT2D eigenvalue weighted by Gasteiger charge is -2.15. The maximum Gasteiger partial charge on any atom is 0.472 e. The van der Waals surface area contributed by atoms with Gasteiger partial charge in [0, 0.05) is 19.4 Å². The Hall–Kier alpha value is -2.55. The van der Waals surface area contributed by atoms with Gasteiger partial charge >= 0.3 is 13.8 Å². The lowest BCUT2D eigenvalue weighted by Crippen LogP contribution is -2.27. The van der Waals surface area contributed by atoms with Gasteiger partial charge in [-0.1, -0.05) is 170 Å². The number of nitrogens with one attached hydrogen (secondary N) is 1. The van der Waals surface area contributed by atoms with Crippen LogP contribution in [0.25, 0.3) is 0 Å². The second-order valence-corrected chi connectivity index (χ2v) is 15.7. The Kier molecular flexibility index (Phi) is 40.2. The highest BCUT2D eigenvalue weighted by molar-refractivity contribution is 7.47. The van der Waals surface area contributed by atoms with Crippen molar-refractivity contribution in [1.29, 1.82) is 0 Å². The van der Waals surface area contributed by atoms with Crippen LogP contribution in [0.1, 0.15) is 174 Å². The highest BCUT2D eigenvalue weighted by Gasteiger charge is 2.23. The molecule has 2 unspecified atom stereocenters. The molecule has 0 saturated carbocycles. The summed E-state index contributed by atoms with van der Waals surface area (Å²) in [6, 6.07) is 0. The maximum absolute atomic E-state index is 12.1. The summed E-state index contributed by atoms with van der Waals surface area (Å²) in [4.78, 5) is 33.9. The molecule has 0 aromatic carbocycles. The topological polar surface area (TPSA) is 131 Å². The number of phosphoric acid groups is 1. The van der Waals surface area contributed by atoms with Crippen LogP contribution in [-0.2, 0) is 27.9 Å². The molecule has 0 saturated heterocycles. The zero-order valence-electron chi connectivity index (χ0n) is 35.3. The van der Waals surface area contributed by atoms with Gasteiger partial charge in [-0.25, -0.2) is 4.57 Å². The number of carbonyl (C=O) groups excluding carboxylic acids is 2. The van der Waals surface area contributed by atoms with Gasteiger partial charge in [0.25, 0.3) is 0 Å². The van der Waals surface area contributed by atoms with Gasteiger partial charge in [0.05, 0.1) is 13.2 Å². The number of esters is 1. The fourth-order valence-electron chi connectivity index (χ4n) is 5.62. The molecule has 0 aliphatic carbocycles. The van der Waals surface area contributed by atoms with E-state index in [4.69, 9.17) is 13.8 Å². The van der Waals surface area contributed by atoms with Crippen molar-refractivity contribution in [2.75, 3.05) is 26.4 Å². The first-order chi connectivity index (χ1) is 27.3. The quantitative estimate of drug-likeness (QED) is 0.0241. The van der Waals surface area contributed by atoms with Crippen LogP contribution in [-0.4, -0.2) is 54.3 Å². The minimum atomic E-state index is -4.43. The number of aliphatic hydroxyl groups excluding tert-OH is 1. The predicted molar refractivity (Wildman–Crippen MR) is 233 cm³/mol. The number of allylic oxidation sites excluding steroid dienone is 12. The van der Waals surface area contributed by atoms with Crippen LogP contribution in [0.15, 0.2) is 72.9 Å². The first kappa shape index (κ1) is 53.5. The van der Waals surface area contributed by atoms with E-state index in [-0.39, 0.29) is 32.1 Å². The normalized spacial score (nSPS) is 14.0. The van der Waals surface area contributed by atoms with Crippen LogP contribution in [0.2, 0.25) is 0 Å². The SMILES string of the molecule is CC/C=C\C/C=C\C/C=C\C/C=C\C/C=C\C/C=C\CCCCC(=O)OCC(O)COP(=O)(O)OCCNC(=O)CCCCCCCCCCCCCCCC. The lowest BCUT2D eigenvalue weighted by atomic mass is 10.0. The third-order valence-electron chi connectivity index (χ3n) is 8.90. The van der Waals surface area contributed by atoms with Crippen molar-refractivity contribution in [3.05, 3.63) is 72.9 Å². The second kappa shape index (κ2) is 42.1. The Morgan fingerprint density at radius 1 is 0.571 bits per heavy atom. The zero-order valence-corrected chi connectivity index (χ0v) is 36.2. The van der Waals surface area contributed by atoms with E-state index in [1.54, 1.807) is 0 Å². The molecule has 0 aliphatic rings. The first-order valence-electron chi connectivity index (χ1n) is 21.9. The Bertz CT molecular complexity index is 1150. The Morgan fingerprint density at radius 2 is 1.02 bits per heavy atom. The first-order valence-corrected chi connectivity index (χ1v) is 23.4. The molecule has 0 heterocycles. The molecule has 0 aromatic heterocycles. The van der Waals surface area contributed by atoms with E-state index in [1.165, 1.54) is 70.6 Å². The highest BCUT2D eigenvalue weighted by atomic mass is 31.2. The summed E-state index contributed by atoms with van der Waals surface area (Å²) < 4.78 is 26.8. The summed E-state index contributed by atoms with van der Waals surface area (Å²) in [5, 5.41) is 12.7. The fourth-order valence-corrected chi connectivity index (χ4v) is 6.37. The average molecular weight is 806 g/mol. The van der Waals surface area contributed by atoms with Gasteiger partial charge in [0.2, 0.25) is 5.91 Å². The Balaban J connectivity index is 3.70. The number of ether oxygens (including phenoxy) is 1. The molecule has 56 heavy (non-hydrogen) atoms. The van der Waals surface area contributed by atoms with Crippen molar-refractivity contribution in [3.63, 3.8) is 0 Å². The highest BCUT2D eigenvalue weighted by Crippen LogP contribution is 2.42. The lowest BCUT2D eigenvalue weighted by molar-refractivity contribution is -0.147. The molecular formula is C46H80NO8P. The minimum absolute atomic E-state index is 0.0750. The minimum Gasteiger partial charge on any atom is -0.463 e. The molecule has 0 radical (unpaired) electrons. The van der Waals surface area contributed by atoms with Crippen molar-refractivity contribution < 1.29 is 37.9 Å². The maximum atomic E-state index is 12.1. The molecule has 0 rings (SSSR count). The summed E-state index contributed by atoms with van der Waals surface area (Å²) in [5.74, 6) is -0.563. The van der Waals surface area contributed by atoms with Crippen LogP contribution in [0.3, 0.4) is 0 Å². The number of hydrogen-bond donors (Lipinski definition) is 3. The summed E-state index contributed by atoms with van der Waals surface area (Å²) in [5.41, 5.74) is 0. The van der Waals surface area contributed by atoms with E-state index in [2.05, 4.69) is 92.1 Å². The van der Waals surface area contributed by atoms with Gasteiger partial charge in [-0.15, -0.1) is 0 Å². The van der Waals surface area contributed by atoms with E-state index in [9.17, 15) is 24.2 Å². The van der Waals surface area contributed by atoms with Gasteiger partial charge < -0.3 is 20.1 Å². The smallest absolute Gasteiger partial charge is 0.463 e. The van der Waals surface area contributed by atoms with Crippen molar-refractivity contribution in [1.82, 2.24) is 5.32 Å². The number of hydrogen-bond acceptors (Lipinski definition) is 7. The molecule has 0 aliphatic heterocycles. The molecule has 9 nitrogen and oxygen atoms in total. The Labute approximate surface area is 341 Å². The molecule has 10 heteroatoms. The molecule has 3 N–H and O–H groups in total. The standard InChI is InChI=1S/C46H80NO8P/c1-3-5-7-9-11-13-15-17-19-20-21-22-23-24-25-27-29-31-33-35-37-39-46(50)53-42-44(48)43-55-56(51,52)54-41-40-47-45(49)38-36-34-32-30-28-26-18-16-14-12-10-8-6-4-2/h5,7,11,13,17,19,21-22,24-25,29,31,44,48H,3-4,6,8-10,12,14-16,18,20,23,26-28,30,32-43H2,1-2H3,(H,47,49)(H,51,52)/b7-5-,13-11-,19-17-,22-21-,25-24-,31-29-. The van der Waals surface area contributed by atoms with E-state index in [0.29, 0.717) is 12.8 Å². The largest absolute Gasteiger partial charge is 0.472 e. The molecule has 322 valence electrons. The van der Waals surface area contributed by atoms with Crippen LogP contribution in [0, 0.1) is 0 Å². The molecular weight excluding hydrogens is 725 g/mol. The molecule has 0 bridgehead atoms. The predicted octanol–water partition coefficient (Wildman–Crippen LogP) is 12.3. The number of carbonyl (C=O) groups is 2. The third kappa shape index (κ3) is 42.6. The summed E-state index contributed by atoms with van der Waals surface area (Å²) >= 11 is 0. The number of amides is 1. The van der Waals surface area contributed by atoms with E-state index in [1.807, 2.05) is 0 Å². The average Bonchev–Trinajstić information content (AvgIpc) is 3.18. The number of unbranched alkanes of at least 4 members (excludes halogenated alkanes) is 15. The van der Waals surface area contributed by atoms with Crippen LogP contribution >= 0.6 is 7.82 Å². The van der Waals surface area contributed by atoms with E-state index < -0.39 is 26.5 Å². The second-order valence-electron chi connectivity index (χ2n) is 14.3. The van der Waals surface area contributed by atoms with Gasteiger partial charge in [0.15, 0.2) is 0 Å². The monoisotopic (exact) mass is 806 g/mol. The molecule has 0 fully saturated rings. The van der Waals surface area contributed by atoms with Crippen LogP contribution in [0.4, 0.5) is 0 Å². The van der Waals surface area contributed by atoms with E-state index >= 15 is 0 Å². The van der Waals surface area contributed by atoms with Gasteiger partial charge in [-0.05, 0) is 64.2 Å². The van der Waals surface area contributed by atoms with Crippen LogP contribution in [0.5, 0.6) is 0 Å². The summed E-state index contributed by atoms with van der Waals surface area (Å²) in [6.45, 7) is 3.38. The van der Waals surface area contributed by atoms with Crippen molar-refractivity contribution >= 4 is 19.7 Å². The van der Waals surface area contributed by atoms with E-state index in [0.717, 1.165) is 70.6 Å². The van der Waals surface area contributed by atoms with Crippen molar-refractivity contribution in [2.24, 2.45) is 0 Å². The molecule has 2 atom stereocenters. The Morgan fingerprint density at radius 3 is 1.52 bits per heavy atom. The van der Waals surface area contributed by atoms with Gasteiger partial charge in [0.1, 0.15) is 12.7 Å². The fraction of sp³-hybridized carbons (Fsp3) is 0.696. The van der Waals surface area contributed by atoms with Crippen LogP contribution < -0.4 is 5.32 Å². The molecule has 0 aromatic rings. The number of aliphatic hydroxyl groups is 1.